The summed E-state index contributed by atoms with van der Waals surface area (Å²) in [6.07, 6.45) is 4.78. The smallest absolute Gasteiger partial charge is 0.305 e. The summed E-state index contributed by atoms with van der Waals surface area (Å²) in [4.78, 5) is 10.6. The first kappa shape index (κ1) is 10.2. The zero-order valence-electron chi connectivity index (χ0n) is 7.04. The van der Waals surface area contributed by atoms with Crippen LogP contribution in [0.1, 0.15) is 19.8 Å². The highest BCUT2D eigenvalue weighted by Gasteiger charge is 2.02. The van der Waals surface area contributed by atoms with Crippen LogP contribution in [0.2, 0.25) is 0 Å². The number of carbonyl (C=O) groups excluding carboxylic acids is 1. The second-order valence-electron chi connectivity index (χ2n) is 2.30. The second kappa shape index (κ2) is 5.92. The third-order valence-corrected chi connectivity index (χ3v) is 1.35. The van der Waals surface area contributed by atoms with Crippen LogP contribution < -0.4 is 5.73 Å². The summed E-state index contributed by atoms with van der Waals surface area (Å²) in [5, 5.41) is 0. The highest BCUT2D eigenvalue weighted by atomic mass is 16.5. The first-order valence-corrected chi connectivity index (χ1v) is 3.66. The van der Waals surface area contributed by atoms with Crippen molar-refractivity contribution in [3.8, 4) is 0 Å². The van der Waals surface area contributed by atoms with E-state index in [-0.39, 0.29) is 12.0 Å². The SMILES string of the molecule is C/C=C\C(N)CCC(=O)OC. The Labute approximate surface area is 67.2 Å². The normalized spacial score (nSPS) is 13.4. The molecule has 0 amide bonds. The van der Waals surface area contributed by atoms with Gasteiger partial charge in [0.2, 0.25) is 0 Å². The lowest BCUT2D eigenvalue weighted by molar-refractivity contribution is -0.140. The Morgan fingerprint density at radius 1 is 1.73 bits per heavy atom. The Morgan fingerprint density at radius 3 is 2.82 bits per heavy atom. The van der Waals surface area contributed by atoms with E-state index in [0.29, 0.717) is 12.8 Å². The van der Waals surface area contributed by atoms with Crippen LogP contribution in [0.4, 0.5) is 0 Å². The summed E-state index contributed by atoms with van der Waals surface area (Å²) in [7, 11) is 1.38. The molecular weight excluding hydrogens is 142 g/mol. The van der Waals surface area contributed by atoms with E-state index in [9.17, 15) is 4.79 Å². The second-order valence-corrected chi connectivity index (χ2v) is 2.30. The number of methoxy groups -OCH3 is 1. The minimum atomic E-state index is -0.204. The van der Waals surface area contributed by atoms with Crippen molar-refractivity contribution in [3.05, 3.63) is 12.2 Å². The number of allylic oxidation sites excluding steroid dienone is 1. The Morgan fingerprint density at radius 2 is 2.36 bits per heavy atom. The van der Waals surface area contributed by atoms with Crippen molar-refractivity contribution in [3.63, 3.8) is 0 Å². The zero-order valence-corrected chi connectivity index (χ0v) is 7.04. The van der Waals surface area contributed by atoms with Crippen molar-refractivity contribution in [2.45, 2.75) is 25.8 Å². The first-order chi connectivity index (χ1) is 5.20. The van der Waals surface area contributed by atoms with Crippen LogP contribution in [-0.2, 0) is 9.53 Å². The number of nitrogens with two attached hydrogens (primary N) is 1. The fourth-order valence-electron chi connectivity index (χ4n) is 0.730. The van der Waals surface area contributed by atoms with Crippen LogP contribution in [-0.4, -0.2) is 19.1 Å². The largest absolute Gasteiger partial charge is 0.469 e. The Kier molecular flexibility index (Phi) is 5.47. The molecule has 0 saturated heterocycles. The highest BCUT2D eigenvalue weighted by Crippen LogP contribution is 1.97. The van der Waals surface area contributed by atoms with Crippen LogP contribution in [0.15, 0.2) is 12.2 Å². The Hall–Kier alpha value is -0.830. The van der Waals surface area contributed by atoms with E-state index in [1.54, 1.807) is 0 Å². The average molecular weight is 157 g/mol. The van der Waals surface area contributed by atoms with Gasteiger partial charge in [-0.15, -0.1) is 0 Å². The molecule has 64 valence electrons. The molecule has 0 aliphatic carbocycles. The molecule has 0 spiro atoms. The number of ether oxygens (including phenoxy) is 1. The van der Waals surface area contributed by atoms with Crippen LogP contribution in [0, 0.1) is 0 Å². The van der Waals surface area contributed by atoms with Crippen molar-refractivity contribution in [2.75, 3.05) is 7.11 Å². The molecule has 1 unspecified atom stereocenters. The molecule has 0 heterocycles. The van der Waals surface area contributed by atoms with E-state index < -0.39 is 0 Å². The van der Waals surface area contributed by atoms with Crippen molar-refractivity contribution in [2.24, 2.45) is 5.73 Å². The van der Waals surface area contributed by atoms with Crippen LogP contribution >= 0.6 is 0 Å². The molecule has 0 bridgehead atoms. The fraction of sp³-hybridized carbons (Fsp3) is 0.625. The minimum Gasteiger partial charge on any atom is -0.469 e. The zero-order chi connectivity index (χ0) is 8.69. The van der Waals surface area contributed by atoms with Gasteiger partial charge in [-0.25, -0.2) is 0 Å². The van der Waals surface area contributed by atoms with Gasteiger partial charge in [0.15, 0.2) is 0 Å². The molecule has 0 aromatic rings. The van der Waals surface area contributed by atoms with Gasteiger partial charge in [-0.2, -0.15) is 0 Å². The van der Waals surface area contributed by atoms with Crippen molar-refractivity contribution in [1.82, 2.24) is 0 Å². The first-order valence-electron chi connectivity index (χ1n) is 3.66. The highest BCUT2D eigenvalue weighted by molar-refractivity contribution is 5.69. The molecule has 0 radical (unpaired) electrons. The molecule has 0 aliphatic heterocycles. The van der Waals surface area contributed by atoms with E-state index in [0.717, 1.165) is 0 Å². The molecule has 0 aromatic heterocycles. The summed E-state index contributed by atoms with van der Waals surface area (Å²) in [6, 6.07) is -0.0286. The quantitative estimate of drug-likeness (QED) is 0.486. The van der Waals surface area contributed by atoms with Gasteiger partial charge in [0.05, 0.1) is 7.11 Å². The lowest BCUT2D eigenvalue weighted by Crippen LogP contribution is -2.18. The molecule has 3 heteroatoms. The van der Waals surface area contributed by atoms with Crippen molar-refractivity contribution >= 4 is 5.97 Å². The van der Waals surface area contributed by atoms with Crippen molar-refractivity contribution in [1.29, 1.82) is 0 Å². The van der Waals surface area contributed by atoms with Gasteiger partial charge in [0, 0.05) is 12.5 Å². The maximum absolute atomic E-state index is 10.6. The predicted octanol–water partition coefficient (Wildman–Crippen LogP) is 0.843. The molecule has 0 fully saturated rings. The van der Waals surface area contributed by atoms with E-state index in [4.69, 9.17) is 5.73 Å². The number of hydrogen-bond donors (Lipinski definition) is 1. The van der Waals surface area contributed by atoms with E-state index in [2.05, 4.69) is 4.74 Å². The van der Waals surface area contributed by atoms with Gasteiger partial charge in [-0.1, -0.05) is 12.2 Å². The predicted molar refractivity (Wildman–Crippen MR) is 44.0 cm³/mol. The molecule has 1 atom stereocenters. The van der Waals surface area contributed by atoms with Gasteiger partial charge >= 0.3 is 5.97 Å². The van der Waals surface area contributed by atoms with Gasteiger partial charge in [-0.05, 0) is 13.3 Å². The molecule has 11 heavy (non-hydrogen) atoms. The Balaban J connectivity index is 3.45. The molecule has 0 saturated carbocycles. The third kappa shape index (κ3) is 5.61. The topological polar surface area (TPSA) is 52.3 Å². The van der Waals surface area contributed by atoms with Gasteiger partial charge in [0.1, 0.15) is 0 Å². The number of hydrogen-bond acceptors (Lipinski definition) is 3. The Bertz CT molecular complexity index is 143. The molecule has 3 nitrogen and oxygen atoms in total. The van der Waals surface area contributed by atoms with Crippen LogP contribution in [0.5, 0.6) is 0 Å². The summed E-state index contributed by atoms with van der Waals surface area (Å²) in [5.74, 6) is -0.204. The number of carbonyl (C=O) groups is 1. The molecular formula is C8H15NO2. The lowest BCUT2D eigenvalue weighted by atomic mass is 10.1. The van der Waals surface area contributed by atoms with E-state index in [1.807, 2.05) is 19.1 Å². The van der Waals surface area contributed by atoms with E-state index in [1.165, 1.54) is 7.11 Å². The summed E-state index contributed by atoms with van der Waals surface area (Å²) >= 11 is 0. The minimum absolute atomic E-state index is 0.0286. The summed E-state index contributed by atoms with van der Waals surface area (Å²) in [6.45, 7) is 1.90. The van der Waals surface area contributed by atoms with E-state index >= 15 is 0 Å². The molecule has 0 rings (SSSR count). The molecule has 0 aliphatic rings. The molecule has 2 N–H and O–H groups in total. The standard InChI is InChI=1S/C8H15NO2/c1-3-4-7(9)5-6-8(10)11-2/h3-4,7H,5-6,9H2,1-2H3/b4-3-. The van der Waals surface area contributed by atoms with Gasteiger partial charge in [-0.3, -0.25) is 4.79 Å². The van der Waals surface area contributed by atoms with Gasteiger partial charge in [0.25, 0.3) is 0 Å². The van der Waals surface area contributed by atoms with Gasteiger partial charge < -0.3 is 10.5 Å². The van der Waals surface area contributed by atoms with Crippen molar-refractivity contribution < 1.29 is 9.53 Å². The number of esters is 1. The maximum atomic E-state index is 10.6. The summed E-state index contributed by atoms with van der Waals surface area (Å²) < 4.78 is 4.46. The maximum Gasteiger partial charge on any atom is 0.305 e. The number of rotatable bonds is 4. The summed E-state index contributed by atoms with van der Waals surface area (Å²) in [5.41, 5.74) is 5.59. The fourth-order valence-corrected chi connectivity index (χ4v) is 0.730. The lowest BCUT2D eigenvalue weighted by Gasteiger charge is -2.03. The monoisotopic (exact) mass is 157 g/mol. The third-order valence-electron chi connectivity index (χ3n) is 1.35. The van der Waals surface area contributed by atoms with Crippen LogP contribution in [0.3, 0.4) is 0 Å². The van der Waals surface area contributed by atoms with Crippen LogP contribution in [0.25, 0.3) is 0 Å². The molecule has 0 aromatic carbocycles. The average Bonchev–Trinajstić information content (AvgIpc) is 2.01.